The second kappa shape index (κ2) is 9.94. The Morgan fingerprint density at radius 1 is 1.11 bits per heavy atom. The van der Waals surface area contributed by atoms with Crippen LogP contribution < -0.4 is 0 Å². The zero-order valence-electron chi connectivity index (χ0n) is 19.9. The fourth-order valence-corrected chi connectivity index (χ4v) is 4.13. The molecule has 2 saturated heterocycles. The van der Waals surface area contributed by atoms with Gasteiger partial charge in [0.1, 0.15) is 31.0 Å². The molecule has 1 aromatic rings. The van der Waals surface area contributed by atoms with E-state index in [-0.39, 0.29) is 6.61 Å². The van der Waals surface area contributed by atoms with Gasteiger partial charge in [-0.15, -0.1) is 0 Å². The van der Waals surface area contributed by atoms with Crippen molar-refractivity contribution in [1.82, 2.24) is 0 Å². The SMILES string of the molecule is CC1(C)O[C@H]2O[C@H]([C@@H](COC(=O)C(C)(C)C)OS(=O)(=O)C(F)(F)F)[C@H](OCc3ccccc3)[C@H]2O1. The van der Waals surface area contributed by atoms with Crippen molar-refractivity contribution >= 4 is 16.1 Å². The second-order valence-corrected chi connectivity index (χ2v) is 11.3. The molecule has 0 unspecified atom stereocenters. The fourth-order valence-electron chi connectivity index (χ4n) is 3.53. The number of fused-ring (bicyclic) bond motifs is 1. The van der Waals surface area contributed by atoms with Crippen LogP contribution in [0.25, 0.3) is 0 Å². The Balaban J connectivity index is 1.88. The lowest BCUT2D eigenvalue weighted by molar-refractivity contribution is -0.231. The first-order valence-electron chi connectivity index (χ1n) is 10.8. The van der Waals surface area contributed by atoms with Crippen molar-refractivity contribution < 1.29 is 54.3 Å². The molecule has 0 spiro atoms. The summed E-state index contributed by atoms with van der Waals surface area (Å²) in [5.41, 5.74) is -5.96. The predicted molar refractivity (Wildman–Crippen MR) is 114 cm³/mol. The van der Waals surface area contributed by atoms with Gasteiger partial charge in [0.25, 0.3) is 0 Å². The zero-order valence-corrected chi connectivity index (χ0v) is 20.7. The molecule has 2 fully saturated rings. The summed E-state index contributed by atoms with van der Waals surface area (Å²) >= 11 is 0. The van der Waals surface area contributed by atoms with Crippen LogP contribution in [0.3, 0.4) is 0 Å². The van der Waals surface area contributed by atoms with Crippen LogP contribution in [0.1, 0.15) is 40.2 Å². The first-order valence-corrected chi connectivity index (χ1v) is 12.2. The molecule has 0 aromatic heterocycles. The van der Waals surface area contributed by atoms with Gasteiger partial charge < -0.3 is 23.7 Å². The largest absolute Gasteiger partial charge is 0.523 e. The van der Waals surface area contributed by atoms with Crippen LogP contribution in [0, 0.1) is 5.41 Å². The molecule has 0 amide bonds. The minimum absolute atomic E-state index is 0.0128. The second-order valence-electron chi connectivity index (χ2n) is 9.71. The Hall–Kier alpha value is -1.77. The first kappa shape index (κ1) is 27.8. The van der Waals surface area contributed by atoms with Crippen LogP contribution in [0.5, 0.6) is 0 Å². The summed E-state index contributed by atoms with van der Waals surface area (Å²) < 4.78 is 95.8. The van der Waals surface area contributed by atoms with E-state index >= 15 is 0 Å². The van der Waals surface area contributed by atoms with E-state index in [4.69, 9.17) is 23.7 Å². The van der Waals surface area contributed by atoms with E-state index in [0.29, 0.717) is 0 Å². The summed E-state index contributed by atoms with van der Waals surface area (Å²) in [4.78, 5) is 12.2. The van der Waals surface area contributed by atoms with Crippen LogP contribution in [0.4, 0.5) is 13.2 Å². The van der Waals surface area contributed by atoms with E-state index in [1.807, 2.05) is 0 Å². The van der Waals surface area contributed by atoms with Gasteiger partial charge in [-0.2, -0.15) is 21.6 Å². The average Bonchev–Trinajstić information content (AvgIpc) is 3.20. The molecule has 0 aliphatic carbocycles. The number of halogens is 3. The molecule has 198 valence electrons. The third kappa shape index (κ3) is 6.71. The quantitative estimate of drug-likeness (QED) is 0.287. The van der Waals surface area contributed by atoms with Gasteiger partial charge in [0, 0.05) is 0 Å². The topological polar surface area (TPSA) is 107 Å². The van der Waals surface area contributed by atoms with E-state index < -0.39 is 70.1 Å². The summed E-state index contributed by atoms with van der Waals surface area (Å²) in [5, 5.41) is 0. The molecule has 2 heterocycles. The molecular formula is C22H29F3O9S. The van der Waals surface area contributed by atoms with Crippen molar-refractivity contribution in [2.45, 2.75) is 83.2 Å². The Labute approximate surface area is 201 Å². The molecule has 1 aromatic carbocycles. The number of ether oxygens (including phenoxy) is 5. The molecule has 35 heavy (non-hydrogen) atoms. The Morgan fingerprint density at radius 2 is 1.74 bits per heavy atom. The van der Waals surface area contributed by atoms with Crippen LogP contribution in [-0.2, 0) is 49.4 Å². The third-order valence-corrected chi connectivity index (χ3v) is 6.27. The third-order valence-electron chi connectivity index (χ3n) is 5.20. The molecule has 5 atom stereocenters. The number of benzene rings is 1. The van der Waals surface area contributed by atoms with Crippen molar-refractivity contribution in [1.29, 1.82) is 0 Å². The molecule has 2 aliphatic rings. The van der Waals surface area contributed by atoms with Gasteiger partial charge in [0.2, 0.25) is 0 Å². The molecule has 2 aliphatic heterocycles. The summed E-state index contributed by atoms with van der Waals surface area (Å²) in [5.74, 6) is -1.86. The number of rotatable bonds is 8. The van der Waals surface area contributed by atoms with E-state index in [1.165, 1.54) is 20.8 Å². The predicted octanol–water partition coefficient (Wildman–Crippen LogP) is 3.27. The molecular weight excluding hydrogens is 497 g/mol. The zero-order chi connectivity index (χ0) is 26.2. The summed E-state index contributed by atoms with van der Waals surface area (Å²) in [6.45, 7) is 7.00. The number of hydrogen-bond donors (Lipinski definition) is 0. The van der Waals surface area contributed by atoms with E-state index in [9.17, 15) is 26.4 Å². The minimum atomic E-state index is -6.06. The van der Waals surface area contributed by atoms with Crippen molar-refractivity contribution in [3.8, 4) is 0 Å². The van der Waals surface area contributed by atoms with Gasteiger partial charge in [-0.3, -0.25) is 8.98 Å². The Morgan fingerprint density at radius 3 is 2.31 bits per heavy atom. The molecule has 9 nitrogen and oxygen atoms in total. The van der Waals surface area contributed by atoms with Crippen molar-refractivity contribution in [3.63, 3.8) is 0 Å². The minimum Gasteiger partial charge on any atom is -0.462 e. The number of hydrogen-bond acceptors (Lipinski definition) is 9. The van der Waals surface area contributed by atoms with Crippen LogP contribution in [0.15, 0.2) is 30.3 Å². The van der Waals surface area contributed by atoms with Crippen molar-refractivity contribution in [3.05, 3.63) is 35.9 Å². The van der Waals surface area contributed by atoms with E-state index in [1.54, 1.807) is 44.2 Å². The molecule has 13 heteroatoms. The van der Waals surface area contributed by atoms with Crippen LogP contribution >= 0.6 is 0 Å². The lowest BCUT2D eigenvalue weighted by Crippen LogP contribution is -2.48. The van der Waals surface area contributed by atoms with Crippen LogP contribution in [-0.4, -0.2) is 63.0 Å². The highest BCUT2D eigenvalue weighted by Crippen LogP contribution is 2.41. The number of esters is 1. The van der Waals surface area contributed by atoms with Crippen molar-refractivity contribution in [2.75, 3.05) is 6.61 Å². The highest BCUT2D eigenvalue weighted by Gasteiger charge is 2.59. The Bertz CT molecular complexity index is 990. The maximum absolute atomic E-state index is 13.1. The molecule has 3 rings (SSSR count). The molecule has 0 bridgehead atoms. The van der Waals surface area contributed by atoms with Gasteiger partial charge in [0.15, 0.2) is 12.1 Å². The lowest BCUT2D eigenvalue weighted by atomic mass is 9.97. The highest BCUT2D eigenvalue weighted by molar-refractivity contribution is 7.87. The van der Waals surface area contributed by atoms with E-state index in [0.717, 1.165) is 5.56 Å². The van der Waals surface area contributed by atoms with Gasteiger partial charge in [-0.1, -0.05) is 30.3 Å². The summed E-state index contributed by atoms with van der Waals surface area (Å²) in [7, 11) is -6.06. The molecule has 0 saturated carbocycles. The van der Waals surface area contributed by atoms with Gasteiger partial charge in [-0.25, -0.2) is 0 Å². The summed E-state index contributed by atoms with van der Waals surface area (Å²) in [6.07, 6.45) is -6.42. The summed E-state index contributed by atoms with van der Waals surface area (Å²) in [6, 6.07) is 8.89. The fraction of sp³-hybridized carbons (Fsp3) is 0.682. The highest BCUT2D eigenvalue weighted by atomic mass is 32.2. The maximum Gasteiger partial charge on any atom is 0.523 e. The van der Waals surface area contributed by atoms with Crippen molar-refractivity contribution in [2.24, 2.45) is 5.41 Å². The normalized spacial score (nSPS) is 27.4. The van der Waals surface area contributed by atoms with E-state index in [2.05, 4.69) is 4.18 Å². The smallest absolute Gasteiger partial charge is 0.462 e. The molecule has 0 N–H and O–H groups in total. The number of carbonyl (C=O) groups excluding carboxylic acids is 1. The van der Waals surface area contributed by atoms with Gasteiger partial charge >= 0.3 is 21.6 Å². The lowest BCUT2D eigenvalue weighted by Gasteiger charge is -2.31. The number of carbonyl (C=O) groups is 1. The molecule has 0 radical (unpaired) electrons. The standard InChI is InChI=1S/C22H29F3O9S/c1-20(2,3)19(26)30-12-14(34-35(27,28)22(23,24)25)15-16(29-11-13-9-7-6-8-10-13)17-18(31-15)33-21(4,5)32-17/h6-10,14-18H,11-12H2,1-5H3/t14-,15-,16+,17-,18-/m1/s1. The monoisotopic (exact) mass is 526 g/mol. The number of alkyl halides is 3. The average molecular weight is 527 g/mol. The van der Waals surface area contributed by atoms with Gasteiger partial charge in [0.05, 0.1) is 12.0 Å². The van der Waals surface area contributed by atoms with Crippen LogP contribution in [0.2, 0.25) is 0 Å². The van der Waals surface area contributed by atoms with Gasteiger partial charge in [-0.05, 0) is 40.2 Å². The Kier molecular flexibility index (Phi) is 7.90. The first-order chi connectivity index (χ1) is 16.0. The maximum atomic E-state index is 13.1.